The molecule has 0 radical (unpaired) electrons. The van der Waals surface area contributed by atoms with Crippen LogP contribution < -0.4 is 10.6 Å². The van der Waals surface area contributed by atoms with Gasteiger partial charge in [0.2, 0.25) is 5.91 Å². The van der Waals surface area contributed by atoms with Crippen LogP contribution in [0.5, 0.6) is 0 Å². The Morgan fingerprint density at radius 2 is 2.42 bits per heavy atom. The molecule has 2 fully saturated rings. The zero-order chi connectivity index (χ0) is 8.60. The summed E-state index contributed by atoms with van der Waals surface area (Å²) in [5.74, 6) is 0.777. The Morgan fingerprint density at radius 1 is 1.67 bits per heavy atom. The summed E-state index contributed by atoms with van der Waals surface area (Å²) >= 11 is 0. The molecule has 2 N–H and O–H groups in total. The van der Waals surface area contributed by atoms with Crippen molar-refractivity contribution in [3.63, 3.8) is 0 Å². The maximum Gasteiger partial charge on any atom is 0.216 e. The normalized spacial score (nSPS) is 30.6. The van der Waals surface area contributed by atoms with Crippen LogP contribution >= 0.6 is 0 Å². The molecule has 1 saturated carbocycles. The molecule has 0 aromatic heterocycles. The van der Waals surface area contributed by atoms with Crippen molar-refractivity contribution in [2.45, 2.75) is 19.8 Å². The van der Waals surface area contributed by atoms with E-state index in [-0.39, 0.29) is 5.91 Å². The van der Waals surface area contributed by atoms with E-state index in [0.717, 1.165) is 19.6 Å². The molecule has 2 rings (SSSR count). The van der Waals surface area contributed by atoms with Gasteiger partial charge in [-0.3, -0.25) is 4.79 Å². The summed E-state index contributed by atoms with van der Waals surface area (Å²) in [6.45, 7) is 4.70. The second-order valence-corrected chi connectivity index (χ2v) is 4.13. The average molecular weight is 168 g/mol. The Bertz CT molecular complexity index is 199. The fourth-order valence-electron chi connectivity index (χ4n) is 2.16. The standard InChI is InChI=1S/C9H16N2O/c1-7(12)11-5-8-4-10-6-9(8)2-3-9/h8,10H,2-6H2,1H3,(H,11,12). The average Bonchev–Trinajstić information content (AvgIpc) is 2.62. The van der Waals surface area contributed by atoms with E-state index in [0.29, 0.717) is 11.3 Å². The third kappa shape index (κ3) is 1.33. The zero-order valence-corrected chi connectivity index (χ0v) is 7.52. The van der Waals surface area contributed by atoms with Crippen LogP contribution in [0.15, 0.2) is 0 Å². The van der Waals surface area contributed by atoms with Gasteiger partial charge in [-0.1, -0.05) is 0 Å². The Labute approximate surface area is 72.9 Å². The molecule has 3 heteroatoms. The number of carbonyl (C=O) groups is 1. The highest BCUT2D eigenvalue weighted by atomic mass is 16.1. The largest absolute Gasteiger partial charge is 0.356 e. The molecule has 0 aromatic carbocycles. The highest BCUT2D eigenvalue weighted by molar-refractivity contribution is 5.72. The quantitative estimate of drug-likeness (QED) is 0.615. The van der Waals surface area contributed by atoms with Gasteiger partial charge in [-0.25, -0.2) is 0 Å². The lowest BCUT2D eigenvalue weighted by Gasteiger charge is -2.16. The van der Waals surface area contributed by atoms with Crippen molar-refractivity contribution in [3.05, 3.63) is 0 Å². The van der Waals surface area contributed by atoms with Gasteiger partial charge < -0.3 is 10.6 Å². The number of nitrogens with one attached hydrogen (secondary N) is 2. The van der Waals surface area contributed by atoms with Crippen LogP contribution in [0.25, 0.3) is 0 Å². The molecule has 1 saturated heterocycles. The molecule has 2 aliphatic rings. The lowest BCUT2D eigenvalue weighted by atomic mass is 9.93. The van der Waals surface area contributed by atoms with Gasteiger partial charge in [-0.2, -0.15) is 0 Å². The molecule has 68 valence electrons. The van der Waals surface area contributed by atoms with Crippen LogP contribution in [-0.4, -0.2) is 25.5 Å². The Kier molecular flexibility index (Phi) is 1.83. The van der Waals surface area contributed by atoms with E-state index >= 15 is 0 Å². The lowest BCUT2D eigenvalue weighted by Crippen LogP contribution is -2.31. The topological polar surface area (TPSA) is 41.1 Å². The maximum atomic E-state index is 10.7. The van der Waals surface area contributed by atoms with Crippen LogP contribution in [-0.2, 0) is 4.79 Å². The number of rotatable bonds is 2. The molecule has 0 bridgehead atoms. The first-order valence-corrected chi connectivity index (χ1v) is 4.68. The number of hydrogen-bond donors (Lipinski definition) is 2. The van der Waals surface area contributed by atoms with E-state index in [9.17, 15) is 4.79 Å². The SMILES string of the molecule is CC(=O)NCC1CNCC12CC2. The summed E-state index contributed by atoms with van der Waals surface area (Å²) in [5, 5.41) is 6.30. The summed E-state index contributed by atoms with van der Waals surface area (Å²) in [7, 11) is 0. The minimum Gasteiger partial charge on any atom is -0.356 e. The highest BCUT2D eigenvalue weighted by Crippen LogP contribution is 2.53. The lowest BCUT2D eigenvalue weighted by molar-refractivity contribution is -0.119. The minimum atomic E-state index is 0.0951. The van der Waals surface area contributed by atoms with Crippen molar-refractivity contribution < 1.29 is 4.79 Å². The first-order valence-electron chi connectivity index (χ1n) is 4.68. The molecular formula is C9H16N2O. The van der Waals surface area contributed by atoms with Gasteiger partial charge >= 0.3 is 0 Å². The van der Waals surface area contributed by atoms with Crippen molar-refractivity contribution in [1.82, 2.24) is 10.6 Å². The van der Waals surface area contributed by atoms with Gasteiger partial charge in [0.15, 0.2) is 0 Å². The predicted molar refractivity (Wildman–Crippen MR) is 46.7 cm³/mol. The Balaban J connectivity index is 1.83. The number of carbonyl (C=O) groups excluding carboxylic acids is 1. The molecule has 1 aliphatic carbocycles. The van der Waals surface area contributed by atoms with Crippen molar-refractivity contribution in [1.29, 1.82) is 0 Å². The molecule has 1 heterocycles. The fourth-order valence-corrected chi connectivity index (χ4v) is 2.16. The predicted octanol–water partition coefficient (Wildman–Crippen LogP) is 0.122. The first-order chi connectivity index (χ1) is 5.73. The maximum absolute atomic E-state index is 10.7. The molecule has 1 spiro atoms. The van der Waals surface area contributed by atoms with Crippen LogP contribution in [0.4, 0.5) is 0 Å². The molecular weight excluding hydrogens is 152 g/mol. The van der Waals surface area contributed by atoms with Crippen molar-refractivity contribution in [2.24, 2.45) is 11.3 Å². The molecule has 1 aliphatic heterocycles. The van der Waals surface area contributed by atoms with Crippen LogP contribution in [0, 0.1) is 11.3 Å². The summed E-state index contributed by atoms with van der Waals surface area (Å²) in [5.41, 5.74) is 0.572. The van der Waals surface area contributed by atoms with Gasteiger partial charge in [-0.05, 0) is 24.2 Å². The molecule has 1 amide bonds. The number of amides is 1. The van der Waals surface area contributed by atoms with E-state index in [2.05, 4.69) is 10.6 Å². The van der Waals surface area contributed by atoms with Gasteiger partial charge in [0.25, 0.3) is 0 Å². The molecule has 12 heavy (non-hydrogen) atoms. The number of hydrogen-bond acceptors (Lipinski definition) is 2. The van der Waals surface area contributed by atoms with E-state index in [4.69, 9.17) is 0 Å². The van der Waals surface area contributed by atoms with E-state index in [1.165, 1.54) is 12.8 Å². The van der Waals surface area contributed by atoms with Gasteiger partial charge in [-0.15, -0.1) is 0 Å². The summed E-state index contributed by atoms with van der Waals surface area (Å²) < 4.78 is 0. The zero-order valence-electron chi connectivity index (χ0n) is 7.52. The smallest absolute Gasteiger partial charge is 0.216 e. The van der Waals surface area contributed by atoms with Gasteiger partial charge in [0.05, 0.1) is 0 Å². The molecule has 3 nitrogen and oxygen atoms in total. The van der Waals surface area contributed by atoms with E-state index in [1.54, 1.807) is 6.92 Å². The van der Waals surface area contributed by atoms with Crippen LogP contribution in [0.2, 0.25) is 0 Å². The third-order valence-corrected chi connectivity index (χ3v) is 3.22. The minimum absolute atomic E-state index is 0.0951. The van der Waals surface area contributed by atoms with Crippen molar-refractivity contribution in [2.75, 3.05) is 19.6 Å². The monoisotopic (exact) mass is 168 g/mol. The van der Waals surface area contributed by atoms with Crippen LogP contribution in [0.3, 0.4) is 0 Å². The second kappa shape index (κ2) is 2.73. The molecule has 1 atom stereocenters. The van der Waals surface area contributed by atoms with Crippen LogP contribution in [0.1, 0.15) is 19.8 Å². The first kappa shape index (κ1) is 8.05. The van der Waals surface area contributed by atoms with E-state index < -0.39 is 0 Å². The summed E-state index contributed by atoms with van der Waals surface area (Å²) in [6, 6.07) is 0. The summed E-state index contributed by atoms with van der Waals surface area (Å²) in [4.78, 5) is 10.7. The third-order valence-electron chi connectivity index (χ3n) is 3.22. The summed E-state index contributed by atoms with van der Waals surface area (Å²) in [6.07, 6.45) is 2.70. The van der Waals surface area contributed by atoms with Crippen molar-refractivity contribution >= 4 is 5.91 Å². The Hall–Kier alpha value is -0.570. The van der Waals surface area contributed by atoms with Gasteiger partial charge in [0.1, 0.15) is 0 Å². The van der Waals surface area contributed by atoms with Gasteiger partial charge in [0, 0.05) is 26.6 Å². The highest BCUT2D eigenvalue weighted by Gasteiger charge is 2.51. The second-order valence-electron chi connectivity index (χ2n) is 4.13. The van der Waals surface area contributed by atoms with Crippen molar-refractivity contribution in [3.8, 4) is 0 Å². The molecule has 1 unspecified atom stereocenters. The molecule has 0 aromatic rings. The Morgan fingerprint density at radius 3 is 3.00 bits per heavy atom. The fraction of sp³-hybridized carbons (Fsp3) is 0.889. The van der Waals surface area contributed by atoms with E-state index in [1.807, 2.05) is 0 Å².